The lowest BCUT2D eigenvalue weighted by atomic mass is 10.00. The molecule has 5 nitrogen and oxygen atoms in total. The van der Waals surface area contributed by atoms with Crippen molar-refractivity contribution in [2.45, 2.75) is 18.2 Å². The second-order valence-corrected chi connectivity index (χ2v) is 10.0. The Morgan fingerprint density at radius 2 is 1.70 bits per heavy atom. The molecule has 0 aliphatic heterocycles. The SMILES string of the molecule is COc1cccc(Cc2cn(S(=O)(=O)c3ccc(C)cc3)c3c2c(N)cc2ccccc23)c1. The van der Waals surface area contributed by atoms with Crippen LogP contribution in [0.4, 0.5) is 5.69 Å². The average Bonchev–Trinajstić information content (AvgIpc) is 3.20. The number of aromatic nitrogens is 1. The number of rotatable bonds is 5. The van der Waals surface area contributed by atoms with Gasteiger partial charge < -0.3 is 10.5 Å². The van der Waals surface area contributed by atoms with Gasteiger partial charge >= 0.3 is 0 Å². The van der Waals surface area contributed by atoms with Gasteiger partial charge in [-0.1, -0.05) is 54.1 Å². The number of nitrogens with zero attached hydrogens (tertiary/aromatic N) is 1. The third-order valence-corrected chi connectivity index (χ3v) is 7.65. The van der Waals surface area contributed by atoms with Crippen LogP contribution in [-0.2, 0) is 16.4 Å². The Balaban J connectivity index is 1.81. The summed E-state index contributed by atoms with van der Waals surface area (Å²) in [5.74, 6) is 0.752. The van der Waals surface area contributed by atoms with Gasteiger partial charge in [-0.2, -0.15) is 0 Å². The lowest BCUT2D eigenvalue weighted by molar-refractivity contribution is 0.414. The number of fused-ring (bicyclic) bond motifs is 3. The Morgan fingerprint density at radius 1 is 0.939 bits per heavy atom. The highest BCUT2D eigenvalue weighted by molar-refractivity contribution is 7.90. The fourth-order valence-electron chi connectivity index (χ4n) is 4.34. The van der Waals surface area contributed by atoms with Crippen LogP contribution in [0.3, 0.4) is 0 Å². The van der Waals surface area contributed by atoms with Gasteiger partial charge in [0.05, 0.1) is 17.5 Å². The number of hydrogen-bond acceptors (Lipinski definition) is 4. The molecule has 0 atom stereocenters. The molecule has 1 aromatic heterocycles. The van der Waals surface area contributed by atoms with E-state index >= 15 is 0 Å². The standard InChI is InChI=1S/C27H24N2O3S/c1-18-10-12-23(13-11-18)33(30,31)29-17-21(14-19-6-5-8-22(15-19)32-2)26-25(28)16-20-7-3-4-9-24(20)27(26)29/h3-13,15-17H,14,28H2,1-2H3. The van der Waals surface area contributed by atoms with Gasteiger partial charge in [-0.15, -0.1) is 0 Å². The second-order valence-electron chi connectivity index (χ2n) is 8.21. The Kier molecular flexibility index (Phi) is 5.10. The highest BCUT2D eigenvalue weighted by Crippen LogP contribution is 2.37. The van der Waals surface area contributed by atoms with Gasteiger partial charge in [0.1, 0.15) is 5.75 Å². The second kappa shape index (κ2) is 7.98. The number of hydrogen-bond donors (Lipinski definition) is 1. The van der Waals surface area contributed by atoms with E-state index in [2.05, 4.69) is 0 Å². The van der Waals surface area contributed by atoms with Crippen LogP contribution in [0.25, 0.3) is 21.7 Å². The minimum absolute atomic E-state index is 0.240. The summed E-state index contributed by atoms with van der Waals surface area (Å²) >= 11 is 0. The highest BCUT2D eigenvalue weighted by atomic mass is 32.2. The maximum atomic E-state index is 13.8. The predicted octanol–water partition coefficient (Wildman–Crippen LogP) is 5.52. The predicted molar refractivity (Wildman–Crippen MR) is 133 cm³/mol. The van der Waals surface area contributed by atoms with E-state index in [1.165, 1.54) is 3.97 Å². The minimum atomic E-state index is -3.84. The molecule has 0 saturated heterocycles. The number of anilines is 1. The molecule has 0 amide bonds. The maximum absolute atomic E-state index is 13.8. The van der Waals surface area contributed by atoms with E-state index in [1.807, 2.05) is 73.7 Å². The lowest BCUT2D eigenvalue weighted by Crippen LogP contribution is -2.12. The average molecular weight is 457 g/mol. The van der Waals surface area contributed by atoms with Crippen LogP contribution in [0, 0.1) is 6.92 Å². The summed E-state index contributed by atoms with van der Waals surface area (Å²) in [7, 11) is -2.21. The lowest BCUT2D eigenvalue weighted by Gasteiger charge is -2.11. The molecule has 0 saturated carbocycles. The van der Waals surface area contributed by atoms with Crippen molar-refractivity contribution < 1.29 is 13.2 Å². The van der Waals surface area contributed by atoms with Crippen molar-refractivity contribution in [2.24, 2.45) is 0 Å². The molecule has 5 aromatic rings. The molecular formula is C27H24N2O3S. The van der Waals surface area contributed by atoms with Gasteiger partial charge in [0, 0.05) is 22.7 Å². The summed E-state index contributed by atoms with van der Waals surface area (Å²) in [4.78, 5) is 0.240. The zero-order valence-electron chi connectivity index (χ0n) is 18.4. The Hall–Kier alpha value is -3.77. The van der Waals surface area contributed by atoms with E-state index in [0.717, 1.165) is 38.6 Å². The van der Waals surface area contributed by atoms with E-state index in [1.54, 1.807) is 25.4 Å². The van der Waals surface area contributed by atoms with E-state index in [0.29, 0.717) is 17.6 Å². The molecular weight excluding hydrogens is 432 g/mol. The minimum Gasteiger partial charge on any atom is -0.497 e. The third kappa shape index (κ3) is 3.62. The zero-order chi connectivity index (χ0) is 23.2. The molecule has 0 aliphatic carbocycles. The molecule has 6 heteroatoms. The highest BCUT2D eigenvalue weighted by Gasteiger charge is 2.24. The van der Waals surface area contributed by atoms with Gasteiger partial charge in [0.15, 0.2) is 0 Å². The number of benzene rings is 4. The van der Waals surface area contributed by atoms with E-state index in [-0.39, 0.29) is 4.90 Å². The Morgan fingerprint density at radius 3 is 2.45 bits per heavy atom. The van der Waals surface area contributed by atoms with Crippen LogP contribution < -0.4 is 10.5 Å². The van der Waals surface area contributed by atoms with E-state index in [4.69, 9.17) is 10.5 Å². The van der Waals surface area contributed by atoms with Gasteiger partial charge in [0.2, 0.25) is 0 Å². The van der Waals surface area contributed by atoms with Crippen molar-refractivity contribution in [3.63, 3.8) is 0 Å². The summed E-state index contributed by atoms with van der Waals surface area (Å²) in [6.45, 7) is 1.93. The van der Waals surface area contributed by atoms with Crippen LogP contribution in [0.1, 0.15) is 16.7 Å². The first-order valence-electron chi connectivity index (χ1n) is 10.6. The van der Waals surface area contributed by atoms with Crippen molar-refractivity contribution in [3.05, 3.63) is 102 Å². The molecule has 0 spiro atoms. The Bertz CT molecular complexity index is 1600. The summed E-state index contributed by atoms with van der Waals surface area (Å²) in [5.41, 5.74) is 10.5. The zero-order valence-corrected chi connectivity index (χ0v) is 19.3. The van der Waals surface area contributed by atoms with Crippen LogP contribution in [0.2, 0.25) is 0 Å². The fraction of sp³-hybridized carbons (Fsp3) is 0.111. The molecule has 166 valence electrons. The number of nitrogen functional groups attached to an aromatic ring is 1. The fourth-order valence-corrected chi connectivity index (χ4v) is 5.74. The van der Waals surface area contributed by atoms with Gasteiger partial charge in [-0.25, -0.2) is 12.4 Å². The number of methoxy groups -OCH3 is 1. The monoisotopic (exact) mass is 456 g/mol. The maximum Gasteiger partial charge on any atom is 0.268 e. The van der Waals surface area contributed by atoms with Crippen molar-refractivity contribution in [3.8, 4) is 5.75 Å². The summed E-state index contributed by atoms with van der Waals surface area (Å²) < 4.78 is 34.3. The molecule has 0 bridgehead atoms. The summed E-state index contributed by atoms with van der Waals surface area (Å²) in [6, 6.07) is 24.3. The summed E-state index contributed by atoms with van der Waals surface area (Å²) in [6.07, 6.45) is 2.23. The molecule has 2 N–H and O–H groups in total. The summed E-state index contributed by atoms with van der Waals surface area (Å²) in [5, 5.41) is 2.50. The number of aryl methyl sites for hydroxylation is 1. The van der Waals surface area contributed by atoms with Gasteiger partial charge in [0.25, 0.3) is 10.0 Å². The third-order valence-electron chi connectivity index (χ3n) is 5.97. The quantitative estimate of drug-likeness (QED) is 0.353. The van der Waals surface area contributed by atoms with Crippen molar-refractivity contribution in [1.29, 1.82) is 0 Å². The Labute approximate surface area is 193 Å². The molecule has 33 heavy (non-hydrogen) atoms. The molecule has 0 unspecified atom stereocenters. The van der Waals surface area contributed by atoms with Crippen LogP contribution in [-0.4, -0.2) is 19.5 Å². The number of nitrogens with two attached hydrogens (primary N) is 1. The molecule has 0 aliphatic rings. The number of ether oxygens (including phenoxy) is 1. The molecule has 5 rings (SSSR count). The topological polar surface area (TPSA) is 74.3 Å². The van der Waals surface area contributed by atoms with Gasteiger partial charge in [-0.3, -0.25) is 0 Å². The molecule has 4 aromatic carbocycles. The molecule has 1 heterocycles. The van der Waals surface area contributed by atoms with Gasteiger partial charge in [-0.05, 0) is 60.2 Å². The van der Waals surface area contributed by atoms with Crippen molar-refractivity contribution in [2.75, 3.05) is 12.8 Å². The molecule has 0 fully saturated rings. The first kappa shape index (κ1) is 21.1. The largest absolute Gasteiger partial charge is 0.497 e. The first-order chi connectivity index (χ1) is 15.9. The van der Waals surface area contributed by atoms with Crippen molar-refractivity contribution in [1.82, 2.24) is 3.97 Å². The van der Waals surface area contributed by atoms with Crippen LogP contribution >= 0.6 is 0 Å². The van der Waals surface area contributed by atoms with Crippen LogP contribution in [0.5, 0.6) is 5.75 Å². The van der Waals surface area contributed by atoms with Crippen molar-refractivity contribution >= 4 is 37.4 Å². The van der Waals surface area contributed by atoms with Crippen LogP contribution in [0.15, 0.2) is 90.0 Å². The first-order valence-corrected chi connectivity index (χ1v) is 12.1. The van der Waals surface area contributed by atoms with E-state index < -0.39 is 10.0 Å². The normalized spacial score (nSPS) is 11.8. The van der Waals surface area contributed by atoms with E-state index in [9.17, 15) is 8.42 Å². The molecule has 0 radical (unpaired) electrons. The smallest absolute Gasteiger partial charge is 0.268 e.